The van der Waals surface area contributed by atoms with Gasteiger partial charge in [0.1, 0.15) is 11.4 Å². The molecule has 0 saturated heterocycles. The van der Waals surface area contributed by atoms with E-state index in [-0.39, 0.29) is 18.8 Å². The number of esters is 1. The van der Waals surface area contributed by atoms with Crippen LogP contribution in [0.5, 0.6) is 0 Å². The molecule has 2 aromatic heterocycles. The molecular weight excluding hydrogens is 460 g/mol. The molecule has 1 amide bonds. The first kappa shape index (κ1) is 22.8. The van der Waals surface area contributed by atoms with Gasteiger partial charge >= 0.3 is 5.97 Å². The van der Waals surface area contributed by atoms with Crippen molar-refractivity contribution in [2.75, 3.05) is 11.9 Å². The van der Waals surface area contributed by atoms with E-state index < -0.39 is 22.4 Å². The van der Waals surface area contributed by atoms with E-state index in [1.54, 1.807) is 36.6 Å². The Balaban J connectivity index is 1.57. The van der Waals surface area contributed by atoms with Gasteiger partial charge in [-0.3, -0.25) is 24.3 Å². The second-order valence-corrected chi connectivity index (χ2v) is 8.02. The van der Waals surface area contributed by atoms with Crippen molar-refractivity contribution in [3.63, 3.8) is 0 Å². The topological polar surface area (TPSA) is 133 Å². The Morgan fingerprint density at radius 3 is 2.68 bits per heavy atom. The lowest BCUT2D eigenvalue weighted by Crippen LogP contribution is -2.27. The van der Waals surface area contributed by atoms with Crippen LogP contribution >= 0.6 is 11.3 Å². The maximum Gasteiger partial charge on any atom is 0.338 e. The van der Waals surface area contributed by atoms with Crippen LogP contribution in [0.4, 0.5) is 11.4 Å². The number of benzene rings is 2. The van der Waals surface area contributed by atoms with Crippen molar-refractivity contribution in [1.29, 1.82) is 0 Å². The van der Waals surface area contributed by atoms with Crippen LogP contribution in [0.15, 0.2) is 65.0 Å². The fourth-order valence-corrected chi connectivity index (χ4v) is 4.25. The van der Waals surface area contributed by atoms with Crippen LogP contribution < -0.4 is 10.9 Å². The summed E-state index contributed by atoms with van der Waals surface area (Å²) in [6.45, 7) is 1.69. The van der Waals surface area contributed by atoms with Crippen LogP contribution in [0.2, 0.25) is 0 Å². The van der Waals surface area contributed by atoms with Gasteiger partial charge in [0.25, 0.3) is 11.2 Å². The van der Waals surface area contributed by atoms with Crippen molar-refractivity contribution in [3.05, 3.63) is 86.3 Å². The molecule has 2 heterocycles. The first-order valence-corrected chi connectivity index (χ1v) is 11.0. The molecule has 34 heavy (non-hydrogen) atoms. The number of hydrogen-bond donors (Lipinski definition) is 1. The molecule has 0 aliphatic carbocycles. The van der Waals surface area contributed by atoms with Gasteiger partial charge in [-0.1, -0.05) is 12.1 Å². The number of non-ortho nitro benzene ring substituents is 1. The number of carbonyl (C=O) groups is 2. The fourth-order valence-electron chi connectivity index (χ4n) is 3.34. The van der Waals surface area contributed by atoms with Gasteiger partial charge in [0, 0.05) is 28.8 Å². The monoisotopic (exact) mass is 478 g/mol. The number of nitro groups is 1. The Morgan fingerprint density at radius 1 is 1.21 bits per heavy atom. The van der Waals surface area contributed by atoms with E-state index >= 15 is 0 Å². The van der Waals surface area contributed by atoms with Crippen LogP contribution in [0.1, 0.15) is 17.3 Å². The average molecular weight is 478 g/mol. The highest BCUT2D eigenvalue weighted by atomic mass is 32.1. The largest absolute Gasteiger partial charge is 0.462 e. The summed E-state index contributed by atoms with van der Waals surface area (Å²) in [5.41, 5.74) is 1.33. The van der Waals surface area contributed by atoms with Crippen LogP contribution in [-0.2, 0) is 16.1 Å². The van der Waals surface area contributed by atoms with E-state index in [1.807, 2.05) is 0 Å². The number of nitrogens with zero attached hydrogens (tertiary/aromatic N) is 3. The third-order valence-corrected chi connectivity index (χ3v) is 5.81. The van der Waals surface area contributed by atoms with E-state index in [1.165, 1.54) is 46.5 Å². The van der Waals surface area contributed by atoms with E-state index in [0.717, 1.165) is 0 Å². The highest BCUT2D eigenvalue weighted by Crippen LogP contribution is 2.32. The number of anilines is 1. The Kier molecular flexibility index (Phi) is 6.46. The zero-order valence-corrected chi connectivity index (χ0v) is 18.7. The number of rotatable bonds is 7. The standard InChI is InChI=1S/C23H18N4O6S/c1-2-33-23(30)14-6-8-16(9-7-14)25-19(28)11-26-13-24-21-20(22(26)29)18(12-34-21)15-4-3-5-17(10-15)27(31)32/h3-10,12-13H,2,11H2,1H3,(H,25,28). The number of amides is 1. The molecular formula is C23H18N4O6S. The van der Waals surface area contributed by atoms with Gasteiger partial charge in [-0.2, -0.15) is 0 Å². The molecule has 2 aromatic carbocycles. The van der Waals surface area contributed by atoms with Crippen molar-refractivity contribution in [1.82, 2.24) is 9.55 Å². The third kappa shape index (κ3) is 4.69. The Morgan fingerprint density at radius 2 is 1.97 bits per heavy atom. The van der Waals surface area contributed by atoms with Crippen molar-refractivity contribution < 1.29 is 19.2 Å². The maximum absolute atomic E-state index is 13.1. The normalized spacial score (nSPS) is 10.7. The number of carbonyl (C=O) groups excluding carboxylic acids is 2. The Hall–Kier alpha value is -4.38. The molecule has 0 fully saturated rings. The second kappa shape index (κ2) is 9.63. The highest BCUT2D eigenvalue weighted by Gasteiger charge is 2.17. The van der Waals surface area contributed by atoms with Gasteiger partial charge in [0.2, 0.25) is 5.91 Å². The number of nitrogens with one attached hydrogen (secondary N) is 1. The van der Waals surface area contributed by atoms with Gasteiger partial charge in [-0.25, -0.2) is 9.78 Å². The number of hydrogen-bond acceptors (Lipinski definition) is 8. The Labute approximate surface area is 196 Å². The van der Waals surface area contributed by atoms with Crippen LogP contribution in [0, 0.1) is 10.1 Å². The molecule has 172 valence electrons. The predicted octanol–water partition coefficient (Wildman–Crippen LogP) is 3.85. The summed E-state index contributed by atoms with van der Waals surface area (Å²) >= 11 is 1.24. The molecule has 0 aliphatic heterocycles. The SMILES string of the molecule is CCOC(=O)c1ccc(NC(=O)Cn2cnc3scc(-c4cccc([N+](=O)[O-])c4)c3c2=O)cc1. The predicted molar refractivity (Wildman–Crippen MR) is 127 cm³/mol. The zero-order valence-electron chi connectivity index (χ0n) is 17.9. The minimum Gasteiger partial charge on any atom is -0.462 e. The second-order valence-electron chi connectivity index (χ2n) is 7.16. The zero-order chi connectivity index (χ0) is 24.2. The molecule has 0 unspecified atom stereocenters. The summed E-state index contributed by atoms with van der Waals surface area (Å²) in [5, 5.41) is 15.8. The highest BCUT2D eigenvalue weighted by molar-refractivity contribution is 7.17. The van der Waals surface area contributed by atoms with Crippen molar-refractivity contribution in [3.8, 4) is 11.1 Å². The van der Waals surface area contributed by atoms with Crippen LogP contribution in [0.25, 0.3) is 21.3 Å². The van der Waals surface area contributed by atoms with E-state index in [0.29, 0.717) is 32.6 Å². The summed E-state index contributed by atoms with van der Waals surface area (Å²) in [4.78, 5) is 52.8. The molecule has 4 rings (SSSR count). The molecule has 11 heteroatoms. The van der Waals surface area contributed by atoms with Gasteiger partial charge in [-0.15, -0.1) is 11.3 Å². The summed E-state index contributed by atoms with van der Waals surface area (Å²) in [5.74, 6) is -0.916. The van der Waals surface area contributed by atoms with E-state index in [2.05, 4.69) is 10.3 Å². The number of thiophene rings is 1. The number of ether oxygens (including phenoxy) is 1. The summed E-state index contributed by atoms with van der Waals surface area (Å²) < 4.78 is 6.10. The van der Waals surface area contributed by atoms with Crippen molar-refractivity contribution in [2.45, 2.75) is 13.5 Å². The molecule has 0 aliphatic rings. The third-order valence-electron chi connectivity index (χ3n) is 4.92. The Bertz CT molecular complexity index is 1460. The lowest BCUT2D eigenvalue weighted by Gasteiger charge is -2.08. The molecule has 0 spiro atoms. The minimum absolute atomic E-state index is 0.0885. The maximum atomic E-state index is 13.1. The molecule has 0 bridgehead atoms. The van der Waals surface area contributed by atoms with Crippen LogP contribution in [-0.4, -0.2) is 33.0 Å². The van der Waals surface area contributed by atoms with Crippen molar-refractivity contribution >= 4 is 44.8 Å². The van der Waals surface area contributed by atoms with Gasteiger partial charge < -0.3 is 10.1 Å². The lowest BCUT2D eigenvalue weighted by atomic mass is 10.1. The lowest BCUT2D eigenvalue weighted by molar-refractivity contribution is -0.384. The molecule has 0 radical (unpaired) electrons. The quantitative estimate of drug-likeness (QED) is 0.242. The first-order valence-electron chi connectivity index (χ1n) is 10.2. The minimum atomic E-state index is -0.502. The molecule has 0 atom stereocenters. The fraction of sp³-hybridized carbons (Fsp3) is 0.130. The van der Waals surface area contributed by atoms with Gasteiger partial charge in [0.15, 0.2) is 0 Å². The van der Waals surface area contributed by atoms with Crippen molar-refractivity contribution in [2.24, 2.45) is 0 Å². The van der Waals surface area contributed by atoms with E-state index in [4.69, 9.17) is 4.74 Å². The average Bonchev–Trinajstić information content (AvgIpc) is 3.26. The number of fused-ring (bicyclic) bond motifs is 1. The summed E-state index contributed by atoms with van der Waals surface area (Å²) in [6, 6.07) is 12.2. The smallest absolute Gasteiger partial charge is 0.338 e. The van der Waals surface area contributed by atoms with E-state index in [9.17, 15) is 24.5 Å². The molecule has 4 aromatic rings. The number of aromatic nitrogens is 2. The first-order chi connectivity index (χ1) is 16.4. The number of nitro benzene ring substituents is 1. The summed E-state index contributed by atoms with van der Waals surface area (Å²) in [7, 11) is 0. The molecule has 0 saturated carbocycles. The van der Waals surface area contributed by atoms with Gasteiger partial charge in [-0.05, 0) is 36.8 Å². The molecule has 1 N–H and O–H groups in total. The molecule has 10 nitrogen and oxygen atoms in total. The summed E-state index contributed by atoms with van der Waals surface area (Å²) in [6.07, 6.45) is 1.29. The van der Waals surface area contributed by atoms with Crippen LogP contribution in [0.3, 0.4) is 0 Å². The van der Waals surface area contributed by atoms with Gasteiger partial charge in [0.05, 0.1) is 28.8 Å².